The summed E-state index contributed by atoms with van der Waals surface area (Å²) in [7, 11) is 0. The molecule has 3 heteroatoms. The molecule has 61 heavy (non-hydrogen) atoms. The first kappa shape index (κ1) is 36.7. The monoisotopic (exact) mass is 798 g/mol. The Kier molecular flexibility index (Phi) is 9.65. The number of anilines is 5. The van der Waals surface area contributed by atoms with E-state index in [0.29, 0.717) is 11.2 Å². The number of rotatable bonds is 9. The lowest BCUT2D eigenvalue weighted by molar-refractivity contribution is 0.881. The van der Waals surface area contributed by atoms with Crippen LogP contribution in [0, 0.1) is 0 Å². The van der Waals surface area contributed by atoms with Crippen molar-refractivity contribution in [1.29, 1.82) is 0 Å². The molecule has 0 saturated carbocycles. The Morgan fingerprint density at radius 3 is 1.62 bits per heavy atom. The van der Waals surface area contributed by atoms with Crippen LogP contribution in [0.5, 0.6) is 0 Å². The van der Waals surface area contributed by atoms with Gasteiger partial charge in [0.1, 0.15) is 0 Å². The first-order valence-corrected chi connectivity index (χ1v) is 21.9. The molecular weight excluding hydrogens is 757 g/mol. The summed E-state index contributed by atoms with van der Waals surface area (Å²) in [4.78, 5) is 3.82. The summed E-state index contributed by atoms with van der Waals surface area (Å²) in [6, 6.07) is 77.2. The number of allylic oxidation sites excluding steroid dienone is 3. The molecule has 290 valence electrons. The van der Waals surface area contributed by atoms with Crippen LogP contribution >= 0.6 is 11.8 Å². The average molecular weight is 799 g/mol. The van der Waals surface area contributed by atoms with Gasteiger partial charge in [0.2, 0.25) is 0 Å². The van der Waals surface area contributed by atoms with Gasteiger partial charge in [-0.1, -0.05) is 176 Å². The third-order valence-corrected chi connectivity index (χ3v) is 13.3. The first-order chi connectivity index (χ1) is 30.2. The minimum Gasteiger partial charge on any atom is -0.356 e. The molecule has 2 aliphatic rings. The summed E-state index contributed by atoms with van der Waals surface area (Å²) in [6.07, 6.45) is 9.08. The van der Waals surface area contributed by atoms with Crippen LogP contribution < -0.4 is 10.2 Å². The maximum atomic E-state index is 3.48. The molecule has 11 rings (SSSR count). The van der Waals surface area contributed by atoms with Gasteiger partial charge in [-0.05, 0) is 116 Å². The van der Waals surface area contributed by atoms with Crippen molar-refractivity contribution in [2.75, 3.05) is 10.2 Å². The second-order valence-electron chi connectivity index (χ2n) is 15.8. The Hall–Kier alpha value is -7.33. The molecule has 0 fully saturated rings. The molecule has 0 radical (unpaired) electrons. The molecule has 2 unspecified atom stereocenters. The highest BCUT2D eigenvalue weighted by atomic mass is 32.2. The van der Waals surface area contributed by atoms with Gasteiger partial charge < -0.3 is 10.2 Å². The molecule has 0 spiro atoms. The number of nitrogens with one attached hydrogen (secondary N) is 1. The molecule has 1 aliphatic carbocycles. The van der Waals surface area contributed by atoms with Crippen LogP contribution in [0.2, 0.25) is 0 Å². The summed E-state index contributed by atoms with van der Waals surface area (Å²) >= 11 is 1.98. The summed E-state index contributed by atoms with van der Waals surface area (Å²) in [6.45, 7) is 0. The van der Waals surface area contributed by atoms with Crippen LogP contribution in [0.3, 0.4) is 0 Å². The molecule has 0 aromatic heterocycles. The summed E-state index contributed by atoms with van der Waals surface area (Å²) in [5.74, 6) is 0.415. The van der Waals surface area contributed by atoms with Crippen LogP contribution in [-0.4, -0.2) is 5.25 Å². The van der Waals surface area contributed by atoms with Crippen molar-refractivity contribution in [2.24, 2.45) is 0 Å². The molecule has 1 heterocycles. The van der Waals surface area contributed by atoms with Crippen molar-refractivity contribution in [3.63, 3.8) is 0 Å². The predicted molar refractivity (Wildman–Crippen MR) is 261 cm³/mol. The molecule has 9 aromatic carbocycles. The Morgan fingerprint density at radius 2 is 0.934 bits per heavy atom. The lowest BCUT2D eigenvalue weighted by Crippen LogP contribution is -2.12. The average Bonchev–Trinajstić information content (AvgIpc) is 3.71. The smallest absolute Gasteiger partial charge is 0.0546 e. The minimum atomic E-state index is 0.415. The van der Waals surface area contributed by atoms with Crippen molar-refractivity contribution in [1.82, 2.24) is 0 Å². The highest BCUT2D eigenvalue weighted by molar-refractivity contribution is 8.00. The molecule has 0 amide bonds. The van der Waals surface area contributed by atoms with E-state index in [-0.39, 0.29) is 0 Å². The van der Waals surface area contributed by atoms with Gasteiger partial charge in [0.05, 0.1) is 5.69 Å². The van der Waals surface area contributed by atoms with E-state index in [0.717, 1.165) is 28.4 Å². The summed E-state index contributed by atoms with van der Waals surface area (Å²) in [5.41, 5.74) is 16.5. The SMILES string of the molecule is C1=CC2Sc3cc(N(c4cccc(-c5ccc(-c6ccc(-c7ccc(Nc8ccccc8)cc7)cc6)cc5)c4)c4cc5ccccc5cc4-c4ccccc4)ccc3C2C=C1. The Bertz CT molecular complexity index is 3060. The molecule has 2 nitrogen and oxygen atoms in total. The van der Waals surface area contributed by atoms with Crippen LogP contribution in [0.4, 0.5) is 28.4 Å². The molecule has 1 N–H and O–H groups in total. The van der Waals surface area contributed by atoms with Crippen molar-refractivity contribution >= 4 is 51.0 Å². The Labute approximate surface area is 362 Å². The highest BCUT2D eigenvalue weighted by Gasteiger charge is 2.32. The highest BCUT2D eigenvalue weighted by Crippen LogP contribution is 2.51. The minimum absolute atomic E-state index is 0.415. The van der Waals surface area contributed by atoms with Crippen molar-refractivity contribution in [2.45, 2.75) is 16.1 Å². The van der Waals surface area contributed by atoms with E-state index in [1.54, 1.807) is 0 Å². The summed E-state index contributed by atoms with van der Waals surface area (Å²) in [5, 5.41) is 6.36. The van der Waals surface area contributed by atoms with E-state index in [9.17, 15) is 0 Å². The van der Waals surface area contributed by atoms with Gasteiger partial charge in [-0.2, -0.15) is 0 Å². The Morgan fingerprint density at radius 1 is 0.393 bits per heavy atom. The predicted octanol–water partition coefficient (Wildman–Crippen LogP) is 16.4. The maximum Gasteiger partial charge on any atom is 0.0546 e. The molecule has 2 atom stereocenters. The zero-order valence-corrected chi connectivity index (χ0v) is 34.3. The molecule has 9 aromatic rings. The third kappa shape index (κ3) is 7.35. The third-order valence-electron chi connectivity index (χ3n) is 12.0. The van der Waals surface area contributed by atoms with Gasteiger partial charge in [-0.25, -0.2) is 0 Å². The quantitative estimate of drug-likeness (QED) is 0.157. The van der Waals surface area contributed by atoms with E-state index in [2.05, 4.69) is 229 Å². The lowest BCUT2D eigenvalue weighted by Gasteiger charge is -2.29. The van der Waals surface area contributed by atoms with Gasteiger partial charge in [0, 0.05) is 44.4 Å². The van der Waals surface area contributed by atoms with Gasteiger partial charge in [-0.3, -0.25) is 0 Å². The topological polar surface area (TPSA) is 15.3 Å². The van der Waals surface area contributed by atoms with Gasteiger partial charge >= 0.3 is 0 Å². The molecule has 1 aliphatic heterocycles. The molecular formula is C58H42N2S. The number of thioether (sulfide) groups is 1. The van der Waals surface area contributed by atoms with E-state index >= 15 is 0 Å². The number of fused-ring (bicyclic) bond motifs is 4. The van der Waals surface area contributed by atoms with Gasteiger partial charge in [0.25, 0.3) is 0 Å². The zero-order valence-electron chi connectivity index (χ0n) is 33.5. The van der Waals surface area contributed by atoms with Crippen molar-refractivity contribution in [3.8, 4) is 44.5 Å². The van der Waals surface area contributed by atoms with Crippen molar-refractivity contribution in [3.05, 3.63) is 242 Å². The van der Waals surface area contributed by atoms with Crippen LogP contribution in [0.25, 0.3) is 55.3 Å². The van der Waals surface area contributed by atoms with E-state index < -0.39 is 0 Å². The van der Waals surface area contributed by atoms with Gasteiger partial charge in [-0.15, -0.1) is 11.8 Å². The van der Waals surface area contributed by atoms with Crippen LogP contribution in [0.1, 0.15) is 11.5 Å². The molecule has 0 bridgehead atoms. The fourth-order valence-electron chi connectivity index (χ4n) is 8.82. The second kappa shape index (κ2) is 16.0. The lowest BCUT2D eigenvalue weighted by atomic mass is 9.92. The number of hydrogen-bond donors (Lipinski definition) is 1. The number of para-hydroxylation sites is 1. The van der Waals surface area contributed by atoms with Gasteiger partial charge in [0.15, 0.2) is 0 Å². The Balaban J connectivity index is 0.926. The normalized spacial score (nSPS) is 15.0. The number of nitrogens with zero attached hydrogens (tertiary/aromatic N) is 1. The largest absolute Gasteiger partial charge is 0.356 e. The first-order valence-electron chi connectivity index (χ1n) is 21.0. The van der Waals surface area contributed by atoms with Crippen LogP contribution in [-0.2, 0) is 0 Å². The van der Waals surface area contributed by atoms with E-state index in [1.807, 2.05) is 30.0 Å². The second-order valence-corrected chi connectivity index (χ2v) is 17.0. The molecule has 0 saturated heterocycles. The van der Waals surface area contributed by atoms with Crippen LogP contribution in [0.15, 0.2) is 242 Å². The summed E-state index contributed by atoms with van der Waals surface area (Å²) < 4.78 is 0. The number of benzene rings is 9. The maximum absolute atomic E-state index is 3.48. The zero-order chi connectivity index (χ0) is 40.5. The van der Waals surface area contributed by atoms with Crippen molar-refractivity contribution < 1.29 is 0 Å². The van der Waals surface area contributed by atoms with E-state index in [4.69, 9.17) is 0 Å². The standard InChI is InChI=1S/C58H42N2S/c1-3-12-45(13-4-1)55-37-47-14-7-8-15-48(47)38-56(55)60(52-34-35-54-53-20-9-10-21-57(53)61-58(54)39-52)51-19-11-16-46(36-51)44-28-26-41(27-29-44)40-22-24-42(25-23-40)43-30-32-50(33-31-43)59-49-17-5-2-6-18-49/h1-39,53,57,59H. The fraction of sp³-hybridized carbons (Fsp3) is 0.0345. The fourth-order valence-corrected chi connectivity index (χ4v) is 10.2. The van der Waals surface area contributed by atoms with E-state index in [1.165, 1.54) is 65.7 Å². The number of hydrogen-bond acceptors (Lipinski definition) is 3.